The Labute approximate surface area is 622 Å². The number of rotatable bonds is 4. The molecule has 0 bridgehead atoms. The second kappa shape index (κ2) is 39.8. The lowest BCUT2D eigenvalue weighted by Gasteiger charge is -2.18. The highest BCUT2D eigenvalue weighted by atomic mass is 14.9. The van der Waals surface area contributed by atoms with E-state index in [1.54, 1.807) is 6.20 Å². The first-order valence-corrected chi connectivity index (χ1v) is 37.1. The van der Waals surface area contributed by atoms with Crippen molar-refractivity contribution in [3.05, 3.63) is 243 Å². The Morgan fingerprint density at radius 1 is 0.408 bits per heavy atom. The van der Waals surface area contributed by atoms with E-state index in [0.717, 1.165) is 43.8 Å². The Kier molecular flexibility index (Phi) is 33.5. The summed E-state index contributed by atoms with van der Waals surface area (Å²) in [6.45, 7) is 60.5. The minimum Gasteiger partial charge on any atom is -0.365 e. The molecule has 0 saturated heterocycles. The van der Waals surface area contributed by atoms with Gasteiger partial charge in [-0.15, -0.1) is 0 Å². The van der Waals surface area contributed by atoms with Gasteiger partial charge in [-0.1, -0.05) is 254 Å². The van der Waals surface area contributed by atoms with Crippen molar-refractivity contribution >= 4 is 52.1 Å². The fourth-order valence-electron chi connectivity index (χ4n) is 10.6. The molecule has 103 heavy (non-hydrogen) atoms. The quantitative estimate of drug-likeness (QED) is 0.117. The van der Waals surface area contributed by atoms with Gasteiger partial charge in [-0.3, -0.25) is 25.0 Å². The molecule has 0 radical (unpaired) electrons. The molecule has 5 aliphatic rings. The van der Waals surface area contributed by atoms with Gasteiger partial charge in [0.2, 0.25) is 0 Å². The van der Waals surface area contributed by atoms with Crippen LogP contribution in [0, 0.1) is 16.7 Å². The molecule has 0 spiro atoms. The number of aliphatic imine (C=N–C) groups is 3. The Hall–Kier alpha value is -8.70. The van der Waals surface area contributed by atoms with Crippen LogP contribution in [-0.2, 0) is 21.7 Å². The van der Waals surface area contributed by atoms with Crippen molar-refractivity contribution in [1.82, 2.24) is 29.9 Å². The third-order valence-corrected chi connectivity index (χ3v) is 17.5. The number of nitrogens with one attached hydrogen (secondary N) is 5. The van der Waals surface area contributed by atoms with Crippen LogP contribution in [0.4, 0.5) is 0 Å². The average Bonchev–Trinajstić information content (AvgIpc) is 1.77. The van der Waals surface area contributed by atoms with Crippen molar-refractivity contribution in [2.75, 3.05) is 26.2 Å². The standard InChI is InChI=1S/2C12H15N.2C11H13N.3C8H13N.C7H12N2.2C7H11N.CH4/c2*1-12(2,3)10-4-5-11-9(8-10)6-7-13-11;2*1-8(2)10-4-3-9-5-6-12-11(9)7-10;1-8(2,3)7-4-5-9-6-7;2*1-8(2,3)7-5-4-6-9-7;1-7(2,3)6-8-4-5-9-6;2*1-6(2)7-4-3-5-8-7;/h4-6,8H,7H2,1-3H3;4-8,13H,1-3H3;3-5,7-8H,6H2,1-2H3;3-8,12H,1-2H3;4,6H,5H2,1-3H3;5-6H,4H2,1-3H3;4-6,9H,1-3H3;4-5H,1-3H3,(H,8,9);3-4,6H,5H2,1-2H3;3-6,8H,1-2H3;1H4. The van der Waals surface area contributed by atoms with Gasteiger partial charge in [0.15, 0.2) is 0 Å². The topological polar surface area (TPSA) is 154 Å². The Bertz CT molecular complexity index is 4320. The number of nitrogens with zero attached hydrogens (tertiary/aromatic N) is 6. The van der Waals surface area contributed by atoms with Crippen LogP contribution in [0.25, 0.3) is 34.0 Å². The minimum atomic E-state index is 0. The van der Waals surface area contributed by atoms with Gasteiger partial charge >= 0.3 is 0 Å². The fraction of sp³-hybridized carbons (Fsp3) is 0.457. The number of aromatic amines is 5. The zero-order chi connectivity index (χ0) is 75.6. The zero-order valence-electron chi connectivity index (χ0n) is 67.5. The van der Waals surface area contributed by atoms with Crippen molar-refractivity contribution in [3.8, 4) is 0 Å². The molecule has 0 aliphatic carbocycles. The lowest BCUT2D eigenvalue weighted by atomic mass is 9.86. The molecule has 0 amide bonds. The highest BCUT2D eigenvalue weighted by molar-refractivity contribution is 5.97. The van der Waals surface area contributed by atoms with Crippen molar-refractivity contribution in [1.29, 1.82) is 0 Å². The molecule has 11 heteroatoms. The number of imidazole rings is 1. The predicted octanol–water partition coefficient (Wildman–Crippen LogP) is 22.3. The van der Waals surface area contributed by atoms with Crippen LogP contribution in [0.5, 0.6) is 0 Å². The third-order valence-electron chi connectivity index (χ3n) is 17.5. The molecule has 556 valence electrons. The molecule has 14 rings (SSSR count). The van der Waals surface area contributed by atoms with Crippen molar-refractivity contribution in [3.63, 3.8) is 0 Å². The van der Waals surface area contributed by atoms with Crippen LogP contribution < -0.4 is 21.2 Å². The van der Waals surface area contributed by atoms with Gasteiger partial charge in [0, 0.05) is 106 Å². The lowest BCUT2D eigenvalue weighted by molar-refractivity contribution is 0.500. The molecular weight excluding hydrogens is 1260 g/mol. The number of benzene rings is 4. The largest absolute Gasteiger partial charge is 0.365 e. The normalized spacial score (nSPS) is 13.8. The van der Waals surface area contributed by atoms with Crippen LogP contribution >= 0.6 is 0 Å². The van der Waals surface area contributed by atoms with Gasteiger partial charge < -0.3 is 24.9 Å². The van der Waals surface area contributed by atoms with Crippen LogP contribution in [0.2, 0.25) is 0 Å². The molecule has 11 nitrogen and oxygen atoms in total. The monoisotopic (exact) mass is 1390 g/mol. The molecule has 4 aromatic carbocycles. The van der Waals surface area contributed by atoms with Crippen LogP contribution in [0.1, 0.15) is 251 Å². The van der Waals surface area contributed by atoms with Crippen molar-refractivity contribution < 1.29 is 0 Å². The highest BCUT2D eigenvalue weighted by Crippen LogP contribution is 2.30. The van der Waals surface area contributed by atoms with Crippen molar-refractivity contribution in [2.24, 2.45) is 41.7 Å². The van der Waals surface area contributed by atoms with Gasteiger partial charge in [-0.2, -0.15) is 0 Å². The molecule has 10 heterocycles. The fourth-order valence-corrected chi connectivity index (χ4v) is 10.6. The Morgan fingerprint density at radius 3 is 1.46 bits per heavy atom. The summed E-state index contributed by atoms with van der Waals surface area (Å²) in [5.41, 5.74) is 15.9. The van der Waals surface area contributed by atoms with Crippen LogP contribution in [-0.4, -0.2) is 74.2 Å². The minimum absolute atomic E-state index is 0. The predicted molar refractivity (Wildman–Crippen MR) is 452 cm³/mol. The number of allylic oxidation sites excluding steroid dienone is 4. The van der Waals surface area contributed by atoms with Crippen molar-refractivity contribution in [2.45, 2.75) is 233 Å². The van der Waals surface area contributed by atoms with E-state index in [4.69, 9.17) is 0 Å². The Balaban J connectivity index is 0.000000243. The molecule has 0 fully saturated rings. The molecule has 5 aromatic heterocycles. The number of fused-ring (bicyclic) bond motifs is 4. The van der Waals surface area contributed by atoms with E-state index in [0.29, 0.717) is 29.1 Å². The van der Waals surface area contributed by atoms with E-state index < -0.39 is 0 Å². The number of hydrogen-bond donors (Lipinski definition) is 5. The summed E-state index contributed by atoms with van der Waals surface area (Å²) in [6.07, 6.45) is 29.4. The molecule has 0 atom stereocenters. The number of hydrogen-bond acceptors (Lipinski definition) is 6. The lowest BCUT2D eigenvalue weighted by Crippen LogP contribution is -2.24. The molecule has 0 unspecified atom stereocenters. The third kappa shape index (κ3) is 29.9. The zero-order valence-corrected chi connectivity index (χ0v) is 67.5. The van der Waals surface area contributed by atoms with E-state index in [-0.39, 0.29) is 34.5 Å². The van der Waals surface area contributed by atoms with E-state index in [1.165, 1.54) is 88.2 Å². The van der Waals surface area contributed by atoms with E-state index in [9.17, 15) is 0 Å². The number of aromatic nitrogens is 6. The Morgan fingerprint density at radius 2 is 1.01 bits per heavy atom. The van der Waals surface area contributed by atoms with E-state index in [1.807, 2.05) is 55.5 Å². The summed E-state index contributed by atoms with van der Waals surface area (Å²) in [5, 5.41) is 7.49. The average molecular weight is 1390 g/mol. The second-order valence-corrected chi connectivity index (χ2v) is 34.0. The number of H-pyrrole nitrogens is 5. The smallest absolute Gasteiger partial charge is 0.111 e. The first-order chi connectivity index (χ1) is 47.7. The first-order valence-electron chi connectivity index (χ1n) is 37.1. The second-order valence-electron chi connectivity index (χ2n) is 34.0. The molecule has 5 aliphatic heterocycles. The summed E-state index contributed by atoms with van der Waals surface area (Å²) >= 11 is 0. The van der Waals surface area contributed by atoms with Crippen LogP contribution in [0.15, 0.2) is 207 Å². The maximum atomic E-state index is 4.39. The summed E-state index contributed by atoms with van der Waals surface area (Å²) in [6, 6.07) is 38.8. The molecule has 9 aromatic rings. The van der Waals surface area contributed by atoms with Gasteiger partial charge in [-0.05, 0) is 168 Å². The summed E-state index contributed by atoms with van der Waals surface area (Å²) in [5.74, 6) is 3.49. The van der Waals surface area contributed by atoms with Gasteiger partial charge in [0.1, 0.15) is 5.82 Å². The van der Waals surface area contributed by atoms with E-state index >= 15 is 0 Å². The van der Waals surface area contributed by atoms with E-state index in [2.05, 4.69) is 368 Å². The van der Waals surface area contributed by atoms with Gasteiger partial charge in [0.05, 0.1) is 36.9 Å². The summed E-state index contributed by atoms with van der Waals surface area (Å²) in [4.78, 5) is 41.3. The molecular formula is C92H133N11. The maximum absolute atomic E-state index is 4.39. The summed E-state index contributed by atoms with van der Waals surface area (Å²) < 4.78 is 0. The van der Waals surface area contributed by atoms with Gasteiger partial charge in [0.25, 0.3) is 0 Å². The first kappa shape index (κ1) is 86.7. The van der Waals surface area contributed by atoms with Gasteiger partial charge in [-0.25, -0.2) is 4.98 Å². The van der Waals surface area contributed by atoms with Crippen LogP contribution in [0.3, 0.4) is 0 Å². The highest BCUT2D eigenvalue weighted by Gasteiger charge is 2.20. The summed E-state index contributed by atoms with van der Waals surface area (Å²) in [7, 11) is 0. The molecule has 0 saturated carbocycles. The maximum Gasteiger partial charge on any atom is 0.111 e. The SMILES string of the molecule is C.CC(C)(C)C1=CCC=N1.CC(C)(C)C1=CCN=C1.CC(C)(C)c1ccc2[nH]ccc2c1.CC(C)(C)c1ccc2c(c1)=CCN=2.CC(C)(C)c1ccc[nH]1.CC(C)(C)c1ncc[nH]1.CC(C)C1=NCC=C1.CC(C)c1ccc2c(c1)=NCC=2.CC(C)c1ccc2cc[nH]c2c1.CC(C)c1ccc[nH]1. The molecule has 5 N–H and O–H groups in total.